The average Bonchev–Trinajstić information content (AvgIpc) is 2.57. The lowest BCUT2D eigenvalue weighted by Crippen LogP contribution is -2.28. The summed E-state index contributed by atoms with van der Waals surface area (Å²) in [7, 11) is -4.23. The summed E-state index contributed by atoms with van der Waals surface area (Å²) in [6, 6.07) is 7.81. The van der Waals surface area contributed by atoms with Crippen molar-refractivity contribution in [3.63, 3.8) is 0 Å². The number of rotatable bonds is 6. The van der Waals surface area contributed by atoms with Gasteiger partial charge in [-0.2, -0.15) is 13.2 Å². The van der Waals surface area contributed by atoms with Crippen LogP contribution in [0.4, 0.5) is 18.9 Å². The fraction of sp³-hybridized carbons (Fsp3) is 0.278. The molecule has 0 heterocycles. The zero-order chi connectivity index (χ0) is 21.1. The Morgan fingerprint density at radius 2 is 1.79 bits per heavy atom. The summed E-state index contributed by atoms with van der Waals surface area (Å²) < 4.78 is 65.2. The van der Waals surface area contributed by atoms with Crippen molar-refractivity contribution in [3.8, 4) is 0 Å². The number of carbonyl (C=O) groups is 1. The van der Waals surface area contributed by atoms with Gasteiger partial charge in [-0.05, 0) is 49.2 Å². The van der Waals surface area contributed by atoms with Gasteiger partial charge in [0.15, 0.2) is 0 Å². The van der Waals surface area contributed by atoms with E-state index < -0.39 is 37.6 Å². The molecule has 0 saturated carbocycles. The first-order valence-electron chi connectivity index (χ1n) is 8.13. The van der Waals surface area contributed by atoms with Crippen molar-refractivity contribution in [2.24, 2.45) is 0 Å². The standard InChI is InChI=1S/C18H18ClF3N2O3S/c1-11-3-4-12(2)16(9-11)24-17(25)7-8-23-28(26,27)13-5-6-15(19)14(10-13)18(20,21)22/h3-6,9-10,23H,7-8H2,1-2H3,(H,24,25). The highest BCUT2D eigenvalue weighted by Crippen LogP contribution is 2.35. The van der Waals surface area contributed by atoms with E-state index in [9.17, 15) is 26.4 Å². The van der Waals surface area contributed by atoms with Gasteiger partial charge >= 0.3 is 6.18 Å². The number of benzene rings is 2. The second-order valence-electron chi connectivity index (χ2n) is 6.15. The van der Waals surface area contributed by atoms with E-state index in [4.69, 9.17) is 11.6 Å². The molecule has 2 rings (SSSR count). The first-order chi connectivity index (χ1) is 12.9. The molecule has 0 fully saturated rings. The van der Waals surface area contributed by atoms with Crippen molar-refractivity contribution < 1.29 is 26.4 Å². The summed E-state index contributed by atoms with van der Waals surface area (Å²) in [6.07, 6.45) is -4.97. The minimum Gasteiger partial charge on any atom is -0.326 e. The number of hydrogen-bond acceptors (Lipinski definition) is 3. The Kier molecular flexibility index (Phi) is 6.74. The molecule has 0 aliphatic rings. The van der Waals surface area contributed by atoms with Crippen molar-refractivity contribution >= 4 is 33.2 Å². The van der Waals surface area contributed by atoms with E-state index in [2.05, 4.69) is 10.0 Å². The maximum atomic E-state index is 12.9. The van der Waals surface area contributed by atoms with Crippen LogP contribution < -0.4 is 10.0 Å². The Bertz CT molecular complexity index is 992. The topological polar surface area (TPSA) is 75.3 Å². The molecule has 10 heteroatoms. The molecule has 0 aromatic heterocycles. The summed E-state index contributed by atoms with van der Waals surface area (Å²) in [5, 5.41) is 2.08. The predicted molar refractivity (Wildman–Crippen MR) is 101 cm³/mol. The molecule has 1 amide bonds. The van der Waals surface area contributed by atoms with Gasteiger partial charge in [0.05, 0.1) is 15.5 Å². The molecular formula is C18H18ClF3N2O3S. The van der Waals surface area contributed by atoms with Gasteiger partial charge in [-0.15, -0.1) is 0 Å². The van der Waals surface area contributed by atoms with Crippen LogP contribution in [-0.4, -0.2) is 20.9 Å². The number of sulfonamides is 1. The van der Waals surface area contributed by atoms with Crippen LogP contribution in [0.2, 0.25) is 5.02 Å². The summed E-state index contributed by atoms with van der Waals surface area (Å²) in [6.45, 7) is 3.41. The van der Waals surface area contributed by atoms with Gasteiger partial charge in [0, 0.05) is 18.7 Å². The Morgan fingerprint density at radius 1 is 1.11 bits per heavy atom. The molecule has 2 aromatic rings. The molecule has 0 unspecified atom stereocenters. The number of alkyl halides is 3. The Labute approximate surface area is 166 Å². The molecule has 0 radical (unpaired) electrons. The van der Waals surface area contributed by atoms with E-state index in [1.165, 1.54) is 0 Å². The third-order valence-corrected chi connectivity index (χ3v) is 5.65. The number of amides is 1. The maximum Gasteiger partial charge on any atom is 0.417 e. The molecular weight excluding hydrogens is 417 g/mol. The van der Waals surface area contributed by atoms with Crippen LogP contribution in [0.25, 0.3) is 0 Å². The number of halogens is 4. The lowest BCUT2D eigenvalue weighted by atomic mass is 10.1. The van der Waals surface area contributed by atoms with Crippen LogP contribution in [0.15, 0.2) is 41.3 Å². The van der Waals surface area contributed by atoms with Gasteiger partial charge < -0.3 is 5.32 Å². The third kappa shape index (κ3) is 5.70. The summed E-state index contributed by atoms with van der Waals surface area (Å²) >= 11 is 5.49. The minimum atomic E-state index is -4.78. The number of nitrogens with one attached hydrogen (secondary N) is 2. The normalized spacial score (nSPS) is 12.1. The second kappa shape index (κ2) is 8.50. The first kappa shape index (κ1) is 22.2. The van der Waals surface area contributed by atoms with E-state index >= 15 is 0 Å². The van der Waals surface area contributed by atoms with Crippen LogP contribution in [0, 0.1) is 13.8 Å². The van der Waals surface area contributed by atoms with Crippen LogP contribution >= 0.6 is 11.6 Å². The first-order valence-corrected chi connectivity index (χ1v) is 10.00. The molecule has 2 aromatic carbocycles. The molecule has 152 valence electrons. The Hall–Kier alpha value is -2.10. The second-order valence-corrected chi connectivity index (χ2v) is 8.33. The van der Waals surface area contributed by atoms with Crippen molar-refractivity contribution in [1.29, 1.82) is 0 Å². The predicted octanol–water partition coefficient (Wildman–Crippen LogP) is 4.28. The SMILES string of the molecule is Cc1ccc(C)c(NC(=O)CCNS(=O)(=O)c2ccc(Cl)c(C(F)(F)F)c2)c1. The molecule has 0 aliphatic carbocycles. The summed E-state index contributed by atoms with van der Waals surface area (Å²) in [5.74, 6) is -0.427. The van der Waals surface area contributed by atoms with Gasteiger partial charge in [-0.25, -0.2) is 13.1 Å². The van der Waals surface area contributed by atoms with E-state index in [0.29, 0.717) is 11.8 Å². The highest BCUT2D eigenvalue weighted by atomic mass is 35.5. The lowest BCUT2D eigenvalue weighted by Gasteiger charge is -2.12. The lowest BCUT2D eigenvalue weighted by molar-refractivity contribution is -0.137. The van der Waals surface area contributed by atoms with Crippen molar-refractivity contribution in [1.82, 2.24) is 4.72 Å². The van der Waals surface area contributed by atoms with Crippen molar-refractivity contribution in [2.75, 3.05) is 11.9 Å². The quantitative estimate of drug-likeness (QED) is 0.712. The number of anilines is 1. The summed E-state index contributed by atoms with van der Waals surface area (Å²) in [5.41, 5.74) is 1.16. The van der Waals surface area contributed by atoms with Crippen LogP contribution in [0.3, 0.4) is 0 Å². The third-order valence-electron chi connectivity index (χ3n) is 3.86. The molecule has 0 atom stereocenters. The molecule has 28 heavy (non-hydrogen) atoms. The number of aryl methyl sites for hydroxylation is 2. The van der Waals surface area contributed by atoms with Gasteiger partial charge in [0.2, 0.25) is 15.9 Å². The molecule has 0 bridgehead atoms. The van der Waals surface area contributed by atoms with Crippen LogP contribution in [0.5, 0.6) is 0 Å². The van der Waals surface area contributed by atoms with Gasteiger partial charge in [0.25, 0.3) is 0 Å². The zero-order valence-corrected chi connectivity index (χ0v) is 16.6. The summed E-state index contributed by atoms with van der Waals surface area (Å²) in [4.78, 5) is 11.4. The highest BCUT2D eigenvalue weighted by molar-refractivity contribution is 7.89. The molecule has 0 aliphatic heterocycles. The van der Waals surface area contributed by atoms with Crippen LogP contribution in [0.1, 0.15) is 23.1 Å². The smallest absolute Gasteiger partial charge is 0.326 e. The maximum absolute atomic E-state index is 12.9. The van der Waals surface area contributed by atoms with E-state index in [0.717, 1.165) is 23.3 Å². The fourth-order valence-electron chi connectivity index (χ4n) is 2.35. The van der Waals surface area contributed by atoms with Gasteiger partial charge in [-0.1, -0.05) is 23.7 Å². The monoisotopic (exact) mass is 434 g/mol. The highest BCUT2D eigenvalue weighted by Gasteiger charge is 2.34. The molecule has 0 spiro atoms. The average molecular weight is 435 g/mol. The fourth-order valence-corrected chi connectivity index (χ4v) is 3.64. The van der Waals surface area contributed by atoms with Crippen molar-refractivity contribution in [2.45, 2.75) is 31.3 Å². The van der Waals surface area contributed by atoms with E-state index in [1.54, 1.807) is 6.07 Å². The largest absolute Gasteiger partial charge is 0.417 e. The van der Waals surface area contributed by atoms with E-state index in [1.807, 2.05) is 26.0 Å². The van der Waals surface area contributed by atoms with Gasteiger partial charge in [0.1, 0.15) is 0 Å². The molecule has 0 saturated heterocycles. The Morgan fingerprint density at radius 3 is 2.43 bits per heavy atom. The van der Waals surface area contributed by atoms with Gasteiger partial charge in [-0.3, -0.25) is 4.79 Å². The van der Waals surface area contributed by atoms with E-state index in [-0.39, 0.29) is 13.0 Å². The molecule has 5 nitrogen and oxygen atoms in total. The molecule has 2 N–H and O–H groups in total. The number of hydrogen-bond donors (Lipinski definition) is 2. The minimum absolute atomic E-state index is 0.188. The van der Waals surface area contributed by atoms with Crippen LogP contribution in [-0.2, 0) is 21.0 Å². The van der Waals surface area contributed by atoms with Crippen molar-refractivity contribution in [3.05, 3.63) is 58.1 Å². The Balaban J connectivity index is 2.02. The number of carbonyl (C=O) groups excluding carboxylic acids is 1. The zero-order valence-electron chi connectivity index (χ0n) is 15.0.